The van der Waals surface area contributed by atoms with Crippen LogP contribution in [0.1, 0.15) is 5.56 Å². The quantitative estimate of drug-likeness (QED) is 0.823. The summed E-state index contributed by atoms with van der Waals surface area (Å²) in [7, 11) is -0.0491. The minimum atomic E-state index is -4.12. The summed E-state index contributed by atoms with van der Waals surface area (Å²) in [6.45, 7) is -0.579. The Morgan fingerprint density at radius 1 is 1.43 bits per heavy atom. The van der Waals surface area contributed by atoms with E-state index in [0.29, 0.717) is 16.4 Å². The minimum Gasteiger partial charge on any atom is -0.495 e. The van der Waals surface area contributed by atoms with Gasteiger partial charge in [-0.05, 0) is 19.2 Å². The first-order valence-corrected chi connectivity index (χ1v) is 7.81. The Morgan fingerprint density at radius 2 is 2.05 bits per heavy atom. The van der Waals surface area contributed by atoms with Crippen LogP contribution in [0.15, 0.2) is 17.0 Å². The molecule has 0 spiro atoms. The number of alkyl halides is 2. The number of hydrogen-bond donors (Lipinski definition) is 1. The average Bonchev–Trinajstić information content (AvgIpc) is 2.37. The van der Waals surface area contributed by atoms with Gasteiger partial charge in [0, 0.05) is 24.2 Å². The average molecular weight is 343 g/mol. The zero-order valence-corrected chi connectivity index (χ0v) is 13.4. The molecule has 0 aliphatic carbocycles. The lowest BCUT2D eigenvalue weighted by atomic mass is 10.2. The van der Waals surface area contributed by atoms with Gasteiger partial charge in [-0.1, -0.05) is 11.6 Å². The van der Waals surface area contributed by atoms with E-state index in [1.165, 1.54) is 13.2 Å². The lowest BCUT2D eigenvalue weighted by molar-refractivity contribution is 0.126. The van der Waals surface area contributed by atoms with Crippen molar-refractivity contribution in [2.24, 2.45) is 0 Å². The third kappa shape index (κ3) is 4.26. The maximum atomic E-state index is 12.4. The van der Waals surface area contributed by atoms with Crippen LogP contribution in [-0.2, 0) is 16.6 Å². The Balaban J connectivity index is 3.40. The van der Waals surface area contributed by atoms with E-state index in [9.17, 15) is 17.2 Å². The smallest absolute Gasteiger partial charge is 0.252 e. The van der Waals surface area contributed by atoms with Crippen molar-refractivity contribution in [1.82, 2.24) is 9.62 Å². The Morgan fingerprint density at radius 3 is 2.52 bits per heavy atom. The Kier molecular flexibility index (Phi) is 6.33. The summed E-state index contributed by atoms with van der Waals surface area (Å²) < 4.78 is 55.3. The molecule has 0 radical (unpaired) electrons. The second-order valence-electron chi connectivity index (χ2n) is 4.30. The summed E-state index contributed by atoms with van der Waals surface area (Å²) in [6, 6.07) is 2.75. The molecule has 1 aromatic carbocycles. The molecular formula is C12H17ClF2N2O3S. The number of rotatable bonds is 7. The zero-order valence-electron chi connectivity index (χ0n) is 11.9. The molecule has 0 fully saturated rings. The Labute approximate surface area is 127 Å². The lowest BCUT2D eigenvalue weighted by Gasteiger charge is -2.20. The molecule has 0 unspecified atom stereocenters. The molecule has 0 heterocycles. The zero-order chi connectivity index (χ0) is 16.2. The Hall–Kier alpha value is -0.960. The van der Waals surface area contributed by atoms with E-state index in [1.807, 2.05) is 0 Å². The molecule has 5 nitrogen and oxygen atoms in total. The van der Waals surface area contributed by atoms with Gasteiger partial charge in [0.25, 0.3) is 6.43 Å². The normalized spacial score (nSPS) is 12.2. The van der Waals surface area contributed by atoms with E-state index in [2.05, 4.69) is 5.32 Å². The second-order valence-corrected chi connectivity index (χ2v) is 6.75. The Bertz CT molecular complexity index is 596. The standard InChI is InChI=1S/C12H17ClF2N2O3S/c1-16-6-8-4-9(13)5-10(12(8)20-3)21(18,19)17(2)7-11(14)15/h4-5,11,16H,6-7H2,1-3H3. The van der Waals surface area contributed by atoms with Gasteiger partial charge in [0.2, 0.25) is 10.0 Å². The minimum absolute atomic E-state index is 0.0925. The highest BCUT2D eigenvalue weighted by Gasteiger charge is 2.28. The molecule has 9 heteroatoms. The molecule has 120 valence electrons. The SMILES string of the molecule is CNCc1cc(Cl)cc(S(=O)(=O)N(C)CC(F)F)c1OC. The molecule has 1 aromatic rings. The van der Waals surface area contributed by atoms with E-state index in [0.717, 1.165) is 7.05 Å². The van der Waals surface area contributed by atoms with E-state index in [4.69, 9.17) is 16.3 Å². The van der Waals surface area contributed by atoms with E-state index in [-0.39, 0.29) is 15.7 Å². The van der Waals surface area contributed by atoms with E-state index in [1.54, 1.807) is 13.1 Å². The van der Waals surface area contributed by atoms with Gasteiger partial charge in [0.1, 0.15) is 10.6 Å². The molecule has 0 atom stereocenters. The van der Waals surface area contributed by atoms with Gasteiger partial charge < -0.3 is 10.1 Å². The van der Waals surface area contributed by atoms with Crippen LogP contribution in [-0.4, -0.2) is 46.9 Å². The van der Waals surface area contributed by atoms with Crippen LogP contribution in [0.2, 0.25) is 5.02 Å². The number of nitrogens with zero attached hydrogens (tertiary/aromatic N) is 1. The molecule has 0 aliphatic heterocycles. The molecule has 0 amide bonds. The highest BCUT2D eigenvalue weighted by atomic mass is 35.5. The number of halogens is 3. The van der Waals surface area contributed by atoms with Gasteiger partial charge in [-0.2, -0.15) is 4.31 Å². The number of hydrogen-bond acceptors (Lipinski definition) is 4. The van der Waals surface area contributed by atoms with Crippen LogP contribution >= 0.6 is 11.6 Å². The van der Waals surface area contributed by atoms with Crippen molar-refractivity contribution in [1.29, 1.82) is 0 Å². The third-order valence-electron chi connectivity index (χ3n) is 2.75. The fourth-order valence-corrected chi connectivity index (χ4v) is 3.50. The maximum Gasteiger partial charge on any atom is 0.252 e. The van der Waals surface area contributed by atoms with Gasteiger partial charge >= 0.3 is 0 Å². The van der Waals surface area contributed by atoms with Gasteiger partial charge in [0.15, 0.2) is 0 Å². The number of benzene rings is 1. The summed E-state index contributed by atoms with van der Waals surface area (Å²) in [6.07, 6.45) is -2.77. The van der Waals surface area contributed by atoms with Crippen LogP contribution in [0.5, 0.6) is 5.75 Å². The van der Waals surface area contributed by atoms with Crippen LogP contribution in [0.25, 0.3) is 0 Å². The maximum absolute atomic E-state index is 12.4. The van der Waals surface area contributed by atoms with E-state index >= 15 is 0 Å². The van der Waals surface area contributed by atoms with Crippen molar-refractivity contribution < 1.29 is 21.9 Å². The predicted molar refractivity (Wildman–Crippen MR) is 76.6 cm³/mol. The van der Waals surface area contributed by atoms with Gasteiger partial charge in [-0.3, -0.25) is 0 Å². The molecule has 0 saturated heterocycles. The van der Waals surface area contributed by atoms with Crippen LogP contribution < -0.4 is 10.1 Å². The van der Waals surface area contributed by atoms with Crippen molar-refractivity contribution in [2.75, 3.05) is 27.7 Å². The first-order chi connectivity index (χ1) is 9.73. The fourth-order valence-electron chi connectivity index (χ4n) is 1.83. The number of sulfonamides is 1. The number of ether oxygens (including phenoxy) is 1. The van der Waals surface area contributed by atoms with Gasteiger partial charge in [-0.25, -0.2) is 17.2 Å². The first kappa shape index (κ1) is 18.1. The predicted octanol–water partition coefficient (Wildman–Crippen LogP) is 1.95. The highest BCUT2D eigenvalue weighted by Crippen LogP contribution is 2.33. The van der Waals surface area contributed by atoms with Crippen LogP contribution in [0, 0.1) is 0 Å². The summed E-state index contributed by atoms with van der Waals surface area (Å²) >= 11 is 5.92. The van der Waals surface area contributed by atoms with E-state index < -0.39 is 23.0 Å². The van der Waals surface area contributed by atoms with Crippen molar-refractivity contribution in [3.05, 3.63) is 22.7 Å². The molecule has 0 saturated carbocycles. The van der Waals surface area contributed by atoms with Crippen molar-refractivity contribution in [3.8, 4) is 5.75 Å². The summed E-state index contributed by atoms with van der Waals surface area (Å²) in [5.41, 5.74) is 0.525. The largest absolute Gasteiger partial charge is 0.495 e. The molecule has 21 heavy (non-hydrogen) atoms. The molecule has 0 aliphatic rings. The van der Waals surface area contributed by atoms with Crippen molar-refractivity contribution in [3.63, 3.8) is 0 Å². The fraction of sp³-hybridized carbons (Fsp3) is 0.500. The van der Waals surface area contributed by atoms with Crippen LogP contribution in [0.3, 0.4) is 0 Å². The van der Waals surface area contributed by atoms with Crippen molar-refractivity contribution >= 4 is 21.6 Å². The molecule has 0 bridgehead atoms. The molecular weight excluding hydrogens is 326 g/mol. The molecule has 0 aromatic heterocycles. The molecule has 1 rings (SSSR count). The van der Waals surface area contributed by atoms with Crippen LogP contribution in [0.4, 0.5) is 8.78 Å². The summed E-state index contributed by atoms with van der Waals surface area (Å²) in [5, 5.41) is 3.04. The second kappa shape index (κ2) is 7.35. The first-order valence-electron chi connectivity index (χ1n) is 5.99. The van der Waals surface area contributed by atoms with Gasteiger partial charge in [-0.15, -0.1) is 0 Å². The van der Waals surface area contributed by atoms with Crippen molar-refractivity contribution in [2.45, 2.75) is 17.9 Å². The monoisotopic (exact) mass is 342 g/mol. The number of nitrogens with one attached hydrogen (secondary N) is 1. The summed E-state index contributed by atoms with van der Waals surface area (Å²) in [5.74, 6) is 0.0925. The molecule has 1 N–H and O–H groups in total. The topological polar surface area (TPSA) is 58.6 Å². The van der Waals surface area contributed by atoms with Gasteiger partial charge in [0.05, 0.1) is 13.7 Å². The lowest BCUT2D eigenvalue weighted by Crippen LogP contribution is -2.31. The highest BCUT2D eigenvalue weighted by molar-refractivity contribution is 7.89. The summed E-state index contributed by atoms with van der Waals surface area (Å²) in [4.78, 5) is -0.231. The third-order valence-corrected chi connectivity index (χ3v) is 4.80. The number of methoxy groups -OCH3 is 1.